The second-order valence-corrected chi connectivity index (χ2v) is 6.45. The van der Waals surface area contributed by atoms with Gasteiger partial charge in [0.2, 0.25) is 11.8 Å². The van der Waals surface area contributed by atoms with Crippen molar-refractivity contribution in [2.45, 2.75) is 39.2 Å². The summed E-state index contributed by atoms with van der Waals surface area (Å²) in [5.41, 5.74) is 2.12. The second-order valence-electron chi connectivity index (χ2n) is 6.45. The zero-order chi connectivity index (χ0) is 18.8. The van der Waals surface area contributed by atoms with Gasteiger partial charge < -0.3 is 10.2 Å². The molecule has 0 saturated carbocycles. The largest absolute Gasteiger partial charge is 0.354 e. The van der Waals surface area contributed by atoms with Crippen LogP contribution in [0.5, 0.6) is 0 Å². The fourth-order valence-corrected chi connectivity index (χ4v) is 2.84. The van der Waals surface area contributed by atoms with Gasteiger partial charge in [-0.25, -0.2) is 0 Å². The molecule has 0 aliphatic carbocycles. The maximum absolute atomic E-state index is 12.9. The van der Waals surface area contributed by atoms with E-state index in [0.29, 0.717) is 19.5 Å². The third-order valence-corrected chi connectivity index (χ3v) is 4.40. The van der Waals surface area contributed by atoms with E-state index in [1.165, 1.54) is 0 Å². The number of hydrogen-bond donors (Lipinski definition) is 1. The summed E-state index contributed by atoms with van der Waals surface area (Å²) < 4.78 is 0. The first-order valence-corrected chi connectivity index (χ1v) is 9.26. The van der Waals surface area contributed by atoms with E-state index in [4.69, 9.17) is 0 Å². The van der Waals surface area contributed by atoms with Gasteiger partial charge in [-0.15, -0.1) is 0 Å². The van der Waals surface area contributed by atoms with Gasteiger partial charge in [0.1, 0.15) is 6.04 Å². The maximum Gasteiger partial charge on any atom is 0.242 e. The van der Waals surface area contributed by atoms with E-state index in [2.05, 4.69) is 5.32 Å². The van der Waals surface area contributed by atoms with Crippen LogP contribution >= 0.6 is 0 Å². The summed E-state index contributed by atoms with van der Waals surface area (Å²) in [7, 11) is 0. The van der Waals surface area contributed by atoms with Crippen molar-refractivity contribution in [3.63, 3.8) is 0 Å². The molecule has 4 nitrogen and oxygen atoms in total. The molecule has 1 atom stereocenters. The lowest BCUT2D eigenvalue weighted by Crippen LogP contribution is -2.49. The number of carbonyl (C=O) groups excluding carboxylic acids is 2. The van der Waals surface area contributed by atoms with Crippen LogP contribution in [-0.4, -0.2) is 35.8 Å². The highest BCUT2D eigenvalue weighted by Crippen LogP contribution is 2.10. The molecule has 2 amide bonds. The van der Waals surface area contributed by atoms with Gasteiger partial charge in [0.05, 0.1) is 6.42 Å². The minimum absolute atomic E-state index is 0.0220. The third-order valence-electron chi connectivity index (χ3n) is 4.40. The molecule has 0 aliphatic heterocycles. The minimum Gasteiger partial charge on any atom is -0.354 e. The molecule has 2 aromatic rings. The second kappa shape index (κ2) is 10.4. The molecule has 2 aromatic carbocycles. The molecule has 0 bridgehead atoms. The molecule has 138 valence electrons. The third kappa shape index (κ3) is 6.03. The van der Waals surface area contributed by atoms with Gasteiger partial charge in [0.25, 0.3) is 0 Å². The lowest BCUT2D eigenvalue weighted by Gasteiger charge is -2.29. The molecule has 0 aliphatic rings. The van der Waals surface area contributed by atoms with Gasteiger partial charge >= 0.3 is 0 Å². The van der Waals surface area contributed by atoms with Crippen molar-refractivity contribution in [2.24, 2.45) is 0 Å². The van der Waals surface area contributed by atoms with E-state index in [9.17, 15) is 9.59 Å². The summed E-state index contributed by atoms with van der Waals surface area (Å²) in [6.07, 6.45) is 1.91. The number of hydrogen-bond acceptors (Lipinski definition) is 2. The van der Waals surface area contributed by atoms with E-state index in [0.717, 1.165) is 24.0 Å². The summed E-state index contributed by atoms with van der Waals surface area (Å²) in [6.45, 7) is 4.97. The topological polar surface area (TPSA) is 49.4 Å². The summed E-state index contributed by atoms with van der Waals surface area (Å²) in [5.74, 6) is -0.118. The predicted octanol–water partition coefficient (Wildman–Crippen LogP) is 3.22. The highest BCUT2D eigenvalue weighted by molar-refractivity contribution is 5.88. The molecular weight excluding hydrogens is 324 g/mol. The lowest BCUT2D eigenvalue weighted by atomic mass is 10.1. The van der Waals surface area contributed by atoms with Crippen LogP contribution in [-0.2, 0) is 22.4 Å². The Labute approximate surface area is 156 Å². The normalized spacial score (nSPS) is 11.6. The minimum atomic E-state index is -0.485. The van der Waals surface area contributed by atoms with Crippen LogP contribution in [0, 0.1) is 0 Å². The Bertz CT molecular complexity index is 686. The fourth-order valence-electron chi connectivity index (χ4n) is 2.84. The standard InChI is InChI=1S/C22H28N2O2/c1-3-15-23-22(26)18(2)24(16-14-19-10-6-4-7-11-19)21(25)17-20-12-8-5-9-13-20/h4-13,18H,3,14-17H2,1-2H3,(H,23,26). The van der Waals surface area contributed by atoms with Crippen molar-refractivity contribution in [1.29, 1.82) is 0 Å². The number of nitrogens with one attached hydrogen (secondary N) is 1. The first kappa shape index (κ1) is 19.7. The number of carbonyl (C=O) groups is 2. The van der Waals surface area contributed by atoms with Crippen molar-refractivity contribution in [3.8, 4) is 0 Å². The lowest BCUT2D eigenvalue weighted by molar-refractivity contribution is -0.139. The SMILES string of the molecule is CCCNC(=O)C(C)N(CCc1ccccc1)C(=O)Cc1ccccc1. The Kier molecular flexibility index (Phi) is 7.87. The zero-order valence-electron chi connectivity index (χ0n) is 15.7. The van der Waals surface area contributed by atoms with Gasteiger partial charge in [0.15, 0.2) is 0 Å². The molecule has 1 N–H and O–H groups in total. The molecule has 26 heavy (non-hydrogen) atoms. The van der Waals surface area contributed by atoms with E-state index >= 15 is 0 Å². The summed E-state index contributed by atoms with van der Waals surface area (Å²) in [5, 5.41) is 2.90. The summed E-state index contributed by atoms with van der Waals surface area (Å²) >= 11 is 0. The van der Waals surface area contributed by atoms with Crippen LogP contribution in [0.1, 0.15) is 31.4 Å². The first-order chi connectivity index (χ1) is 12.6. The number of nitrogens with zero attached hydrogens (tertiary/aromatic N) is 1. The number of benzene rings is 2. The van der Waals surface area contributed by atoms with Crippen molar-refractivity contribution in [1.82, 2.24) is 10.2 Å². The van der Waals surface area contributed by atoms with Crippen LogP contribution < -0.4 is 5.32 Å². The Morgan fingerprint density at radius 2 is 1.54 bits per heavy atom. The van der Waals surface area contributed by atoms with Crippen molar-refractivity contribution in [2.75, 3.05) is 13.1 Å². The molecular formula is C22H28N2O2. The van der Waals surface area contributed by atoms with Crippen LogP contribution in [0.3, 0.4) is 0 Å². The van der Waals surface area contributed by atoms with E-state index in [1.54, 1.807) is 11.8 Å². The molecule has 2 rings (SSSR count). The van der Waals surface area contributed by atoms with Crippen molar-refractivity contribution >= 4 is 11.8 Å². The molecule has 0 radical (unpaired) electrons. The molecule has 0 saturated heterocycles. The highest BCUT2D eigenvalue weighted by Gasteiger charge is 2.25. The zero-order valence-corrected chi connectivity index (χ0v) is 15.7. The molecule has 0 heterocycles. The quantitative estimate of drug-likeness (QED) is 0.753. The Morgan fingerprint density at radius 3 is 2.12 bits per heavy atom. The van der Waals surface area contributed by atoms with Crippen molar-refractivity contribution in [3.05, 3.63) is 71.8 Å². The van der Waals surface area contributed by atoms with Crippen LogP contribution in [0.15, 0.2) is 60.7 Å². The average molecular weight is 352 g/mol. The van der Waals surface area contributed by atoms with Crippen LogP contribution in [0.4, 0.5) is 0 Å². The van der Waals surface area contributed by atoms with Gasteiger partial charge in [-0.3, -0.25) is 9.59 Å². The summed E-state index contributed by atoms with van der Waals surface area (Å²) in [4.78, 5) is 27.0. The Morgan fingerprint density at radius 1 is 0.962 bits per heavy atom. The van der Waals surface area contributed by atoms with Crippen molar-refractivity contribution < 1.29 is 9.59 Å². The van der Waals surface area contributed by atoms with Gasteiger partial charge in [0, 0.05) is 13.1 Å². The average Bonchev–Trinajstić information content (AvgIpc) is 2.67. The highest BCUT2D eigenvalue weighted by atomic mass is 16.2. The van der Waals surface area contributed by atoms with E-state index < -0.39 is 6.04 Å². The summed E-state index contributed by atoms with van der Waals surface area (Å²) in [6, 6.07) is 19.2. The van der Waals surface area contributed by atoms with E-state index in [1.807, 2.05) is 67.6 Å². The van der Waals surface area contributed by atoms with Gasteiger partial charge in [-0.2, -0.15) is 0 Å². The molecule has 4 heteroatoms. The smallest absolute Gasteiger partial charge is 0.242 e. The molecule has 1 unspecified atom stereocenters. The molecule has 0 aromatic heterocycles. The first-order valence-electron chi connectivity index (χ1n) is 9.26. The molecule has 0 spiro atoms. The van der Waals surface area contributed by atoms with Crippen LogP contribution in [0.25, 0.3) is 0 Å². The Balaban J connectivity index is 2.08. The molecule has 0 fully saturated rings. The number of rotatable bonds is 9. The predicted molar refractivity (Wildman–Crippen MR) is 105 cm³/mol. The van der Waals surface area contributed by atoms with Gasteiger partial charge in [-0.05, 0) is 30.9 Å². The van der Waals surface area contributed by atoms with Crippen LogP contribution in [0.2, 0.25) is 0 Å². The number of amides is 2. The van der Waals surface area contributed by atoms with E-state index in [-0.39, 0.29) is 11.8 Å². The maximum atomic E-state index is 12.9. The fraction of sp³-hybridized carbons (Fsp3) is 0.364. The van der Waals surface area contributed by atoms with Gasteiger partial charge in [-0.1, -0.05) is 67.6 Å². The monoisotopic (exact) mass is 352 g/mol. The Hall–Kier alpha value is -2.62.